The molecule has 0 radical (unpaired) electrons. The third-order valence-corrected chi connectivity index (χ3v) is 5.09. The quantitative estimate of drug-likeness (QED) is 0.597. The van der Waals surface area contributed by atoms with Crippen LogP contribution in [0.1, 0.15) is 51.7 Å². The third kappa shape index (κ3) is 6.62. The van der Waals surface area contributed by atoms with Gasteiger partial charge >= 0.3 is 11.8 Å². The van der Waals surface area contributed by atoms with Crippen LogP contribution < -0.4 is 11.0 Å². The molecule has 1 aliphatic rings. The highest BCUT2D eigenvalue weighted by atomic mass is 32.2. The average Bonchev–Trinajstić information content (AvgIpc) is 3.10. The second kappa shape index (κ2) is 11.2. The van der Waals surface area contributed by atoms with Gasteiger partial charge in [-0.1, -0.05) is 39.0 Å². The van der Waals surface area contributed by atoms with Crippen LogP contribution in [0.3, 0.4) is 0 Å². The summed E-state index contributed by atoms with van der Waals surface area (Å²) in [5, 5.41) is 11.5. The lowest BCUT2D eigenvalue weighted by molar-refractivity contribution is -0.00629. The summed E-state index contributed by atoms with van der Waals surface area (Å²) in [7, 11) is 0. The van der Waals surface area contributed by atoms with Gasteiger partial charge in [0.15, 0.2) is 0 Å². The van der Waals surface area contributed by atoms with Crippen LogP contribution in [0.25, 0.3) is 0 Å². The highest BCUT2D eigenvalue weighted by Gasteiger charge is 2.27. The molecule has 0 bridgehead atoms. The molecule has 1 aromatic rings. The Balaban J connectivity index is 1.73. The lowest BCUT2D eigenvalue weighted by Crippen LogP contribution is -2.29. The van der Waals surface area contributed by atoms with Crippen LogP contribution in [0.15, 0.2) is 17.1 Å². The van der Waals surface area contributed by atoms with Gasteiger partial charge < -0.3 is 14.6 Å². The van der Waals surface area contributed by atoms with Crippen molar-refractivity contribution in [3.05, 3.63) is 22.7 Å². The molecule has 1 saturated heterocycles. The van der Waals surface area contributed by atoms with Crippen LogP contribution in [-0.4, -0.2) is 45.2 Å². The van der Waals surface area contributed by atoms with Crippen LogP contribution >= 0.6 is 11.8 Å². The van der Waals surface area contributed by atoms with Gasteiger partial charge in [-0.05, 0) is 12.5 Å². The number of ether oxygens (including phenoxy) is 2. The Hall–Kier alpha value is -1.58. The first-order chi connectivity index (χ1) is 12.6. The monoisotopic (exact) mass is 385 g/mol. The summed E-state index contributed by atoms with van der Waals surface area (Å²) in [5.74, 6) is 0.698. The SMILES string of the molecule is CCCCCCCCOC(=O)Nc1ccn([C@@H]2CS[C@H](CO)O2)c(=O)n1. The largest absolute Gasteiger partial charge is 0.449 e. The molecule has 1 aliphatic heterocycles. The second-order valence-electron chi connectivity index (χ2n) is 6.07. The van der Waals surface area contributed by atoms with Gasteiger partial charge in [0, 0.05) is 11.9 Å². The Morgan fingerprint density at radius 2 is 2.19 bits per heavy atom. The van der Waals surface area contributed by atoms with E-state index >= 15 is 0 Å². The van der Waals surface area contributed by atoms with Crippen LogP contribution in [0, 0.1) is 0 Å². The zero-order valence-electron chi connectivity index (χ0n) is 15.1. The molecular formula is C17H27N3O5S. The lowest BCUT2D eigenvalue weighted by atomic mass is 10.1. The fraction of sp³-hybridized carbons (Fsp3) is 0.706. The number of aliphatic hydroxyl groups excluding tert-OH is 1. The van der Waals surface area contributed by atoms with Crippen LogP contribution in [0.4, 0.5) is 10.6 Å². The molecule has 146 valence electrons. The zero-order valence-corrected chi connectivity index (χ0v) is 15.9. The number of unbranched alkanes of at least 4 members (excludes halogenated alkanes) is 5. The summed E-state index contributed by atoms with van der Waals surface area (Å²) in [6.45, 7) is 2.42. The molecular weight excluding hydrogens is 358 g/mol. The molecule has 26 heavy (non-hydrogen) atoms. The minimum Gasteiger partial charge on any atom is -0.449 e. The Morgan fingerprint density at radius 3 is 2.88 bits per heavy atom. The lowest BCUT2D eigenvalue weighted by Gasteiger charge is -2.14. The highest BCUT2D eigenvalue weighted by Crippen LogP contribution is 2.30. The Kier molecular flexibility index (Phi) is 8.93. The highest BCUT2D eigenvalue weighted by molar-refractivity contribution is 8.00. The van der Waals surface area contributed by atoms with Crippen molar-refractivity contribution in [1.82, 2.24) is 9.55 Å². The van der Waals surface area contributed by atoms with Gasteiger partial charge in [0.25, 0.3) is 0 Å². The summed E-state index contributed by atoms with van der Waals surface area (Å²) in [6, 6.07) is 1.52. The number of hydrogen-bond donors (Lipinski definition) is 2. The predicted molar refractivity (Wildman–Crippen MR) is 100 cm³/mol. The molecule has 1 fully saturated rings. The van der Waals surface area contributed by atoms with Crippen molar-refractivity contribution in [2.24, 2.45) is 0 Å². The number of hydrogen-bond acceptors (Lipinski definition) is 7. The van der Waals surface area contributed by atoms with E-state index in [1.807, 2.05) is 0 Å². The van der Waals surface area contributed by atoms with E-state index in [1.54, 1.807) is 0 Å². The fourth-order valence-corrected chi connectivity index (χ4v) is 3.51. The molecule has 2 N–H and O–H groups in total. The minimum absolute atomic E-state index is 0.104. The summed E-state index contributed by atoms with van der Waals surface area (Å²) < 4.78 is 12.0. The third-order valence-electron chi connectivity index (χ3n) is 3.98. The van der Waals surface area contributed by atoms with E-state index < -0.39 is 18.0 Å². The van der Waals surface area contributed by atoms with Crippen LogP contribution in [0.5, 0.6) is 0 Å². The molecule has 0 spiro atoms. The first-order valence-corrected chi connectivity index (χ1v) is 10.1. The predicted octanol–water partition coefficient (Wildman–Crippen LogP) is 2.73. The molecule has 8 nitrogen and oxygen atoms in total. The average molecular weight is 385 g/mol. The van der Waals surface area contributed by atoms with Gasteiger partial charge in [0.2, 0.25) is 0 Å². The number of aromatic nitrogens is 2. The Labute approximate surface area is 157 Å². The number of rotatable bonds is 10. The normalized spacial score (nSPS) is 19.5. The summed E-state index contributed by atoms with van der Waals surface area (Å²) in [4.78, 5) is 27.7. The number of amides is 1. The molecule has 0 aromatic carbocycles. The summed E-state index contributed by atoms with van der Waals surface area (Å²) in [6.07, 6.45) is 7.11. The van der Waals surface area contributed by atoms with Crippen molar-refractivity contribution in [2.45, 2.75) is 57.1 Å². The number of nitrogens with zero attached hydrogens (tertiary/aromatic N) is 2. The Bertz CT molecular complexity index is 625. The van der Waals surface area contributed by atoms with Gasteiger partial charge in [-0.3, -0.25) is 9.88 Å². The van der Waals surface area contributed by atoms with E-state index in [1.165, 1.54) is 47.9 Å². The summed E-state index contributed by atoms with van der Waals surface area (Å²) >= 11 is 1.44. The smallest absolute Gasteiger partial charge is 0.412 e. The Morgan fingerprint density at radius 1 is 1.42 bits per heavy atom. The molecule has 1 amide bonds. The van der Waals surface area contributed by atoms with E-state index in [2.05, 4.69) is 17.2 Å². The van der Waals surface area contributed by atoms with Gasteiger partial charge in [-0.25, -0.2) is 9.59 Å². The maximum atomic E-state index is 12.1. The van der Waals surface area contributed by atoms with E-state index in [9.17, 15) is 9.59 Å². The van der Waals surface area contributed by atoms with Gasteiger partial charge in [0.1, 0.15) is 17.5 Å². The molecule has 0 unspecified atom stereocenters. The van der Waals surface area contributed by atoms with Crippen molar-refractivity contribution in [2.75, 3.05) is 24.3 Å². The number of carbonyl (C=O) groups excluding carboxylic acids is 1. The van der Waals surface area contributed by atoms with Crippen molar-refractivity contribution < 1.29 is 19.4 Å². The van der Waals surface area contributed by atoms with Gasteiger partial charge in [0.05, 0.1) is 13.2 Å². The van der Waals surface area contributed by atoms with E-state index in [0.717, 1.165) is 19.3 Å². The molecule has 2 atom stereocenters. The number of nitrogens with one attached hydrogen (secondary N) is 1. The van der Waals surface area contributed by atoms with Crippen molar-refractivity contribution in [3.8, 4) is 0 Å². The number of carbonyl (C=O) groups is 1. The maximum absolute atomic E-state index is 12.1. The standard InChI is InChI=1S/C17H27N3O5S/c1-2-3-4-5-6-7-10-24-17(23)19-13-8-9-20(16(22)18-13)14-12-26-15(11-21)25-14/h8-9,14-15,21H,2-7,10-12H2,1H3,(H,18,19,22,23)/t14-,15+/m0/s1. The molecule has 0 saturated carbocycles. The zero-order chi connectivity index (χ0) is 18.8. The van der Waals surface area contributed by atoms with Crippen molar-refractivity contribution >= 4 is 23.7 Å². The fourth-order valence-electron chi connectivity index (χ4n) is 2.57. The number of aliphatic hydroxyl groups is 1. The summed E-state index contributed by atoms with van der Waals surface area (Å²) in [5.41, 5.74) is -0.857. The number of anilines is 1. The molecule has 0 aliphatic carbocycles. The van der Waals surface area contributed by atoms with Gasteiger partial charge in [-0.2, -0.15) is 4.98 Å². The molecule has 1 aromatic heterocycles. The van der Waals surface area contributed by atoms with Crippen LogP contribution in [-0.2, 0) is 9.47 Å². The van der Waals surface area contributed by atoms with Crippen molar-refractivity contribution in [1.29, 1.82) is 0 Å². The maximum Gasteiger partial charge on any atom is 0.412 e. The first-order valence-electron chi connectivity index (χ1n) is 9.05. The first kappa shape index (κ1) is 20.7. The topological polar surface area (TPSA) is 103 Å². The molecule has 9 heteroatoms. The van der Waals surface area contributed by atoms with E-state index in [0.29, 0.717) is 12.4 Å². The van der Waals surface area contributed by atoms with Crippen LogP contribution in [0.2, 0.25) is 0 Å². The minimum atomic E-state index is -0.615. The molecule has 2 rings (SSSR count). The number of thioether (sulfide) groups is 1. The van der Waals surface area contributed by atoms with Gasteiger partial charge in [-0.15, -0.1) is 11.8 Å². The van der Waals surface area contributed by atoms with Crippen molar-refractivity contribution in [3.63, 3.8) is 0 Å². The second-order valence-corrected chi connectivity index (χ2v) is 7.26. The van der Waals surface area contributed by atoms with E-state index in [4.69, 9.17) is 14.6 Å². The van der Waals surface area contributed by atoms with E-state index in [-0.39, 0.29) is 17.9 Å². The molecule has 2 heterocycles.